The van der Waals surface area contributed by atoms with E-state index in [1.165, 1.54) is 0 Å². The number of halogens is 1. The third kappa shape index (κ3) is 3.89. The molecule has 1 aliphatic rings. The second kappa shape index (κ2) is 8.81. The fourth-order valence-corrected chi connectivity index (χ4v) is 4.09. The second-order valence-corrected chi connectivity index (χ2v) is 8.06. The number of aromatic nitrogens is 4. The predicted octanol–water partition coefficient (Wildman–Crippen LogP) is 4.79. The Kier molecular flexibility index (Phi) is 5.54. The van der Waals surface area contributed by atoms with E-state index in [0.29, 0.717) is 45.0 Å². The molecule has 2 aromatic heterocycles. The van der Waals surface area contributed by atoms with E-state index in [1.807, 2.05) is 37.3 Å². The van der Waals surface area contributed by atoms with E-state index in [1.54, 1.807) is 47.3 Å². The first-order chi connectivity index (χ1) is 16.5. The zero-order chi connectivity index (χ0) is 23.7. The van der Waals surface area contributed by atoms with Gasteiger partial charge < -0.3 is 10.6 Å². The van der Waals surface area contributed by atoms with E-state index in [4.69, 9.17) is 16.7 Å². The lowest BCUT2D eigenvalue weighted by atomic mass is 9.94. The van der Waals surface area contributed by atoms with Gasteiger partial charge in [0.1, 0.15) is 11.9 Å². The first kappa shape index (κ1) is 21.4. The van der Waals surface area contributed by atoms with E-state index in [0.717, 1.165) is 5.56 Å². The summed E-state index contributed by atoms with van der Waals surface area (Å²) in [4.78, 5) is 22.3. The van der Waals surface area contributed by atoms with E-state index in [9.17, 15) is 10.1 Å². The molecular weight excluding hydrogens is 450 g/mol. The molecule has 3 heterocycles. The average molecular weight is 468 g/mol. The van der Waals surface area contributed by atoms with Crippen LogP contribution in [0.2, 0.25) is 5.02 Å². The van der Waals surface area contributed by atoms with Gasteiger partial charge in [-0.2, -0.15) is 10.2 Å². The maximum absolute atomic E-state index is 13.4. The van der Waals surface area contributed by atoms with E-state index < -0.39 is 6.04 Å². The summed E-state index contributed by atoms with van der Waals surface area (Å²) in [5.41, 5.74) is 3.08. The highest BCUT2D eigenvalue weighted by molar-refractivity contribution is 6.33. The molecule has 4 aromatic rings. The smallest absolute Gasteiger partial charge is 0.257 e. The number of allylic oxidation sites excluding steroid dienone is 1. The number of rotatable bonds is 4. The summed E-state index contributed by atoms with van der Waals surface area (Å²) in [6.07, 6.45) is 1.61. The standard InChI is InChI=1S/C25H18ClN7O/c1-15-21(24(34)30-20-8-4-5-13-28-20)22(17-11-9-16(14-27)10-12-17)33-25(29-15)31-23(32-33)18-6-2-3-7-19(18)26/h2-13,22H,1H3,(H,28,30,34)(H,29,31,32). The molecule has 1 atom stereocenters. The Morgan fingerprint density at radius 3 is 2.59 bits per heavy atom. The van der Waals surface area contributed by atoms with Gasteiger partial charge in [0.25, 0.3) is 5.91 Å². The van der Waals surface area contributed by atoms with Gasteiger partial charge in [-0.15, -0.1) is 5.10 Å². The lowest BCUT2D eigenvalue weighted by Crippen LogP contribution is -2.31. The molecule has 5 rings (SSSR count). The summed E-state index contributed by atoms with van der Waals surface area (Å²) in [5, 5.41) is 20.5. The van der Waals surface area contributed by atoms with Gasteiger partial charge in [-0.1, -0.05) is 41.9 Å². The van der Waals surface area contributed by atoms with Crippen LogP contribution < -0.4 is 10.6 Å². The largest absolute Gasteiger partial charge is 0.328 e. The fraction of sp³-hybridized carbons (Fsp3) is 0.0800. The van der Waals surface area contributed by atoms with Crippen LogP contribution >= 0.6 is 11.6 Å². The van der Waals surface area contributed by atoms with E-state index in [2.05, 4.69) is 26.7 Å². The molecule has 0 spiro atoms. The molecular formula is C25H18ClN7O. The van der Waals surface area contributed by atoms with Crippen molar-refractivity contribution in [3.05, 3.63) is 100 Å². The van der Waals surface area contributed by atoms with Crippen LogP contribution in [0.5, 0.6) is 0 Å². The molecule has 0 fully saturated rings. The molecule has 9 heteroatoms. The van der Waals surface area contributed by atoms with Crippen molar-refractivity contribution < 1.29 is 4.79 Å². The Morgan fingerprint density at radius 2 is 1.88 bits per heavy atom. The Morgan fingerprint density at radius 1 is 1.12 bits per heavy atom. The van der Waals surface area contributed by atoms with Crippen molar-refractivity contribution >= 4 is 29.3 Å². The van der Waals surface area contributed by atoms with Gasteiger partial charge in [0.2, 0.25) is 5.95 Å². The van der Waals surface area contributed by atoms with Crippen LogP contribution in [0, 0.1) is 11.3 Å². The fourth-order valence-electron chi connectivity index (χ4n) is 3.87. The van der Waals surface area contributed by atoms with Crippen LogP contribution in [0.25, 0.3) is 11.4 Å². The van der Waals surface area contributed by atoms with Crippen molar-refractivity contribution in [3.8, 4) is 17.5 Å². The first-order valence-electron chi connectivity index (χ1n) is 10.5. The van der Waals surface area contributed by atoms with Crippen molar-refractivity contribution in [1.29, 1.82) is 5.26 Å². The van der Waals surface area contributed by atoms with Crippen LogP contribution in [0.4, 0.5) is 11.8 Å². The Bertz CT molecular complexity index is 1450. The summed E-state index contributed by atoms with van der Waals surface area (Å²) in [5.74, 6) is 1.04. The van der Waals surface area contributed by atoms with Crippen LogP contribution in [0.15, 0.2) is 84.2 Å². The van der Waals surface area contributed by atoms with Crippen molar-refractivity contribution in [1.82, 2.24) is 19.7 Å². The molecule has 0 saturated heterocycles. The van der Waals surface area contributed by atoms with Gasteiger partial charge in [-0.05, 0) is 48.9 Å². The number of pyridine rings is 1. The molecule has 166 valence electrons. The number of nitrogens with one attached hydrogen (secondary N) is 2. The normalized spacial score (nSPS) is 14.7. The minimum atomic E-state index is -0.587. The molecule has 1 amide bonds. The van der Waals surface area contributed by atoms with E-state index in [-0.39, 0.29) is 5.91 Å². The minimum Gasteiger partial charge on any atom is -0.328 e. The second-order valence-electron chi connectivity index (χ2n) is 7.65. The number of carbonyl (C=O) groups is 1. The number of nitriles is 1. The Balaban J connectivity index is 1.62. The summed E-state index contributed by atoms with van der Waals surface area (Å²) in [7, 11) is 0. The third-order valence-corrected chi connectivity index (χ3v) is 5.80. The predicted molar refractivity (Wildman–Crippen MR) is 129 cm³/mol. The highest BCUT2D eigenvalue weighted by atomic mass is 35.5. The van der Waals surface area contributed by atoms with Crippen LogP contribution in [0.1, 0.15) is 24.1 Å². The highest BCUT2D eigenvalue weighted by Gasteiger charge is 2.34. The topological polar surface area (TPSA) is 109 Å². The zero-order valence-corrected chi connectivity index (χ0v) is 18.8. The lowest BCUT2D eigenvalue weighted by Gasteiger charge is -2.28. The molecule has 2 N–H and O–H groups in total. The van der Waals surface area contributed by atoms with Crippen molar-refractivity contribution in [2.75, 3.05) is 10.6 Å². The van der Waals surface area contributed by atoms with Gasteiger partial charge in [0, 0.05) is 17.5 Å². The minimum absolute atomic E-state index is 0.321. The van der Waals surface area contributed by atoms with Crippen molar-refractivity contribution in [3.63, 3.8) is 0 Å². The monoisotopic (exact) mass is 467 g/mol. The van der Waals surface area contributed by atoms with Gasteiger partial charge in [0.05, 0.1) is 22.2 Å². The van der Waals surface area contributed by atoms with Crippen molar-refractivity contribution in [2.45, 2.75) is 13.0 Å². The number of amides is 1. The molecule has 0 aliphatic carbocycles. The van der Waals surface area contributed by atoms with Crippen LogP contribution in [-0.2, 0) is 4.79 Å². The number of carbonyl (C=O) groups excluding carboxylic acids is 1. The molecule has 1 unspecified atom stereocenters. The SMILES string of the molecule is CC1=C(C(=O)Nc2ccccn2)C(c2ccc(C#N)cc2)n2nc(-c3ccccc3Cl)nc2N1. The molecule has 34 heavy (non-hydrogen) atoms. The van der Waals surface area contributed by atoms with Crippen molar-refractivity contribution in [2.24, 2.45) is 0 Å². The highest BCUT2D eigenvalue weighted by Crippen LogP contribution is 2.37. The van der Waals surface area contributed by atoms with Gasteiger partial charge in [-0.25, -0.2) is 9.67 Å². The number of anilines is 2. The number of benzene rings is 2. The third-order valence-electron chi connectivity index (χ3n) is 5.47. The molecule has 0 radical (unpaired) electrons. The summed E-state index contributed by atoms with van der Waals surface area (Å²) < 4.78 is 1.67. The first-order valence-corrected chi connectivity index (χ1v) is 10.8. The Labute approximate surface area is 200 Å². The van der Waals surface area contributed by atoms with Crippen LogP contribution in [0.3, 0.4) is 0 Å². The van der Waals surface area contributed by atoms with Gasteiger partial charge in [-0.3, -0.25) is 4.79 Å². The van der Waals surface area contributed by atoms with Crippen LogP contribution in [-0.4, -0.2) is 25.7 Å². The number of hydrogen-bond donors (Lipinski definition) is 2. The molecule has 0 saturated carbocycles. The van der Waals surface area contributed by atoms with Gasteiger partial charge in [0.15, 0.2) is 5.82 Å². The maximum Gasteiger partial charge on any atom is 0.257 e. The quantitative estimate of drug-likeness (QED) is 0.446. The summed E-state index contributed by atoms with van der Waals surface area (Å²) in [6.45, 7) is 1.82. The molecule has 1 aliphatic heterocycles. The summed E-state index contributed by atoms with van der Waals surface area (Å²) in [6, 6.07) is 21.2. The zero-order valence-electron chi connectivity index (χ0n) is 18.0. The van der Waals surface area contributed by atoms with Gasteiger partial charge >= 0.3 is 0 Å². The molecule has 2 aromatic carbocycles. The molecule has 0 bridgehead atoms. The lowest BCUT2D eigenvalue weighted by molar-refractivity contribution is -0.113. The number of hydrogen-bond acceptors (Lipinski definition) is 6. The maximum atomic E-state index is 13.4. The van der Waals surface area contributed by atoms with E-state index >= 15 is 0 Å². The Hall–Kier alpha value is -4.48. The summed E-state index contributed by atoms with van der Waals surface area (Å²) >= 11 is 6.39. The number of fused-ring (bicyclic) bond motifs is 1. The number of nitrogens with zero attached hydrogens (tertiary/aromatic N) is 5. The molecule has 8 nitrogen and oxygen atoms in total. The average Bonchev–Trinajstić information content (AvgIpc) is 3.27.